The number of hydrogen-bond donors (Lipinski definition) is 3. The Hall–Kier alpha value is -2.29. The molecule has 0 saturated heterocycles. The van der Waals surface area contributed by atoms with Crippen molar-refractivity contribution in [2.24, 2.45) is 0 Å². The summed E-state index contributed by atoms with van der Waals surface area (Å²) >= 11 is 0. The molecule has 2 atom stereocenters. The summed E-state index contributed by atoms with van der Waals surface area (Å²) in [6.45, 7) is 2.26. The Labute approximate surface area is 234 Å². The largest absolute Gasteiger partial charge is 0.472 e. The molecule has 3 N–H and O–H groups in total. The molecule has 0 aromatic carbocycles. The van der Waals surface area contributed by atoms with E-state index >= 15 is 0 Å². The van der Waals surface area contributed by atoms with Crippen molar-refractivity contribution in [2.45, 2.75) is 84.2 Å². The highest BCUT2D eigenvalue weighted by Gasteiger charge is 2.23. The number of phosphoric acid groups is 1. The van der Waals surface area contributed by atoms with E-state index in [1.165, 1.54) is 6.92 Å². The number of phosphoric ester groups is 1. The van der Waals surface area contributed by atoms with E-state index in [2.05, 4.69) is 82.3 Å². The molecule has 0 rings (SSSR count). The van der Waals surface area contributed by atoms with Gasteiger partial charge >= 0.3 is 13.8 Å². The van der Waals surface area contributed by atoms with Crippen LogP contribution in [0.25, 0.3) is 0 Å². The fourth-order valence-corrected chi connectivity index (χ4v) is 3.77. The molecule has 222 valence electrons. The van der Waals surface area contributed by atoms with Crippen LogP contribution in [0.4, 0.5) is 0 Å². The minimum absolute atomic E-state index is 0.0583. The summed E-state index contributed by atoms with van der Waals surface area (Å²) in [5, 5.41) is 12.1. The predicted molar refractivity (Wildman–Crippen MR) is 155 cm³/mol. The summed E-state index contributed by atoms with van der Waals surface area (Å²) in [5.41, 5.74) is 0. The van der Waals surface area contributed by atoms with E-state index in [1.807, 2.05) is 0 Å². The lowest BCUT2D eigenvalue weighted by Gasteiger charge is -2.15. The summed E-state index contributed by atoms with van der Waals surface area (Å²) in [5.74, 6) is -0.738. The Kier molecular flexibility index (Phi) is 24.4. The Morgan fingerprint density at radius 2 is 1.38 bits per heavy atom. The fourth-order valence-electron chi connectivity index (χ4n) is 3.01. The number of hydrogen-bond acceptors (Lipinski definition) is 7. The van der Waals surface area contributed by atoms with Crippen LogP contribution in [-0.2, 0) is 27.9 Å². The smallest absolute Gasteiger partial charge is 0.463 e. The summed E-state index contributed by atoms with van der Waals surface area (Å²) in [6, 6.07) is 0. The first-order valence-corrected chi connectivity index (χ1v) is 15.2. The SMILES string of the molecule is CC/C=C\C/C=C\C/C=C\C/C=C\C/C=C\CCCCCC(=O)NCCOP(=O)(O)OCC(O)COC(C)=O. The van der Waals surface area contributed by atoms with Crippen molar-refractivity contribution in [3.8, 4) is 0 Å². The highest BCUT2D eigenvalue weighted by molar-refractivity contribution is 7.47. The maximum Gasteiger partial charge on any atom is 0.472 e. The number of aliphatic hydroxyl groups excluding tert-OH is 1. The van der Waals surface area contributed by atoms with Gasteiger partial charge in [0.15, 0.2) is 0 Å². The second-order valence-corrected chi connectivity index (χ2v) is 10.2. The Morgan fingerprint density at radius 3 is 1.95 bits per heavy atom. The first-order chi connectivity index (χ1) is 18.8. The molecule has 9 nitrogen and oxygen atoms in total. The van der Waals surface area contributed by atoms with Gasteiger partial charge in [0.2, 0.25) is 5.91 Å². The van der Waals surface area contributed by atoms with E-state index in [4.69, 9.17) is 4.52 Å². The van der Waals surface area contributed by atoms with Crippen LogP contribution in [0.1, 0.15) is 78.1 Å². The van der Waals surface area contributed by atoms with Gasteiger partial charge in [-0.3, -0.25) is 18.6 Å². The molecule has 0 fully saturated rings. The third-order valence-electron chi connectivity index (χ3n) is 5.02. The minimum atomic E-state index is -4.38. The lowest BCUT2D eigenvalue weighted by Crippen LogP contribution is -2.27. The fraction of sp³-hybridized carbons (Fsp3) is 0.586. The van der Waals surface area contributed by atoms with Crippen LogP contribution in [0.3, 0.4) is 0 Å². The van der Waals surface area contributed by atoms with Gasteiger partial charge in [0, 0.05) is 19.9 Å². The molecule has 0 radical (unpaired) electrons. The van der Waals surface area contributed by atoms with E-state index in [1.54, 1.807) is 0 Å². The van der Waals surface area contributed by atoms with E-state index in [0.717, 1.165) is 57.8 Å². The highest BCUT2D eigenvalue weighted by Crippen LogP contribution is 2.42. The molecule has 2 unspecified atom stereocenters. The first kappa shape index (κ1) is 36.7. The molecule has 0 aliphatic heterocycles. The van der Waals surface area contributed by atoms with Crippen molar-refractivity contribution in [3.05, 3.63) is 60.8 Å². The Balaban J connectivity index is 3.65. The average Bonchev–Trinajstić information content (AvgIpc) is 2.90. The van der Waals surface area contributed by atoms with Crippen LogP contribution in [0.2, 0.25) is 0 Å². The molecule has 0 spiro atoms. The van der Waals surface area contributed by atoms with Crippen LogP contribution in [0, 0.1) is 0 Å². The molecule has 39 heavy (non-hydrogen) atoms. The second kappa shape index (κ2) is 26.0. The van der Waals surface area contributed by atoms with Crippen molar-refractivity contribution in [1.82, 2.24) is 5.32 Å². The predicted octanol–water partition coefficient (Wildman–Crippen LogP) is 5.86. The molecule has 0 aromatic heterocycles. The molecule has 0 bridgehead atoms. The number of aliphatic hydroxyl groups is 1. The van der Waals surface area contributed by atoms with Gasteiger partial charge in [-0.25, -0.2) is 4.57 Å². The molecule has 0 aliphatic rings. The van der Waals surface area contributed by atoms with Crippen LogP contribution in [0.15, 0.2) is 60.8 Å². The van der Waals surface area contributed by atoms with E-state index in [9.17, 15) is 24.2 Å². The Morgan fingerprint density at radius 1 is 0.821 bits per heavy atom. The van der Waals surface area contributed by atoms with E-state index < -0.39 is 26.5 Å². The summed E-state index contributed by atoms with van der Waals surface area (Å²) in [4.78, 5) is 32.1. The highest BCUT2D eigenvalue weighted by atomic mass is 31.2. The number of allylic oxidation sites excluding steroid dienone is 10. The molecule has 10 heteroatoms. The van der Waals surface area contributed by atoms with Crippen molar-refractivity contribution < 1.29 is 37.9 Å². The third kappa shape index (κ3) is 28.5. The molecule has 0 heterocycles. The van der Waals surface area contributed by atoms with Gasteiger partial charge in [0.1, 0.15) is 12.7 Å². The first-order valence-electron chi connectivity index (χ1n) is 13.7. The molecule has 0 aliphatic carbocycles. The number of carbonyl (C=O) groups is 2. The van der Waals surface area contributed by atoms with Gasteiger partial charge in [-0.1, -0.05) is 74.1 Å². The van der Waals surface area contributed by atoms with Gasteiger partial charge in [0.25, 0.3) is 0 Å². The number of ether oxygens (including phenoxy) is 1. The molecule has 0 saturated carbocycles. The topological polar surface area (TPSA) is 131 Å². The van der Waals surface area contributed by atoms with Gasteiger partial charge in [-0.15, -0.1) is 0 Å². The monoisotopic (exact) mass is 569 g/mol. The summed E-state index contributed by atoms with van der Waals surface area (Å²) in [7, 11) is -4.38. The third-order valence-corrected chi connectivity index (χ3v) is 6.00. The molecule has 0 aromatic rings. The summed E-state index contributed by atoms with van der Waals surface area (Å²) < 4.78 is 25.6. The zero-order valence-corrected chi connectivity index (χ0v) is 24.4. The van der Waals surface area contributed by atoms with Gasteiger partial charge in [-0.05, 0) is 51.4 Å². The second-order valence-electron chi connectivity index (χ2n) is 8.71. The number of nitrogens with one attached hydrogen (secondary N) is 1. The lowest BCUT2D eigenvalue weighted by atomic mass is 10.1. The molecule has 1 amide bonds. The zero-order valence-electron chi connectivity index (χ0n) is 23.5. The van der Waals surface area contributed by atoms with Gasteiger partial charge < -0.3 is 20.1 Å². The average molecular weight is 570 g/mol. The van der Waals surface area contributed by atoms with Crippen LogP contribution >= 0.6 is 7.82 Å². The van der Waals surface area contributed by atoms with E-state index in [0.29, 0.717) is 6.42 Å². The van der Waals surface area contributed by atoms with Crippen molar-refractivity contribution in [2.75, 3.05) is 26.4 Å². The molecular formula is C29H48NO8P. The van der Waals surface area contributed by atoms with Crippen LogP contribution in [0.5, 0.6) is 0 Å². The molecular weight excluding hydrogens is 521 g/mol. The minimum Gasteiger partial charge on any atom is -0.463 e. The maximum atomic E-state index is 11.9. The number of rotatable bonds is 24. The number of unbranched alkanes of at least 4 members (excludes halogenated alkanes) is 3. The van der Waals surface area contributed by atoms with Crippen LogP contribution in [-0.4, -0.2) is 54.3 Å². The normalized spacial score (nSPS) is 14.7. The quantitative estimate of drug-likeness (QED) is 0.0570. The number of amides is 1. The van der Waals surface area contributed by atoms with Crippen molar-refractivity contribution in [1.29, 1.82) is 0 Å². The van der Waals surface area contributed by atoms with Crippen molar-refractivity contribution >= 4 is 19.7 Å². The van der Waals surface area contributed by atoms with E-state index in [-0.39, 0.29) is 25.7 Å². The van der Waals surface area contributed by atoms with Gasteiger partial charge in [0.05, 0.1) is 13.2 Å². The van der Waals surface area contributed by atoms with Crippen molar-refractivity contribution in [3.63, 3.8) is 0 Å². The Bertz CT molecular complexity index is 835. The summed E-state index contributed by atoms with van der Waals surface area (Å²) in [6.07, 6.45) is 29.5. The maximum absolute atomic E-state index is 11.9. The standard InChI is InChI=1S/C29H48NO8P/c1-3-4-5-6-7-8-9-10-11-12-13-14-15-16-17-18-19-20-21-22-29(33)30-23-24-37-39(34,35)38-26-28(32)25-36-27(2)31/h4-5,7-8,10-11,13-14,16-17,28,32H,3,6,9,12,15,18-26H2,1-2H3,(H,30,33)(H,34,35)/b5-4-,8-7-,11-10-,14-13-,17-16-. The number of esters is 1. The lowest BCUT2D eigenvalue weighted by molar-refractivity contribution is -0.144. The van der Waals surface area contributed by atoms with Gasteiger partial charge in [-0.2, -0.15) is 0 Å². The van der Waals surface area contributed by atoms with Crippen LogP contribution < -0.4 is 5.32 Å². The zero-order chi connectivity index (χ0) is 29.0. The number of carbonyl (C=O) groups excluding carboxylic acids is 2.